The van der Waals surface area contributed by atoms with Gasteiger partial charge in [-0.3, -0.25) is 4.68 Å². The molecule has 5 heteroatoms. The van der Waals surface area contributed by atoms with Crippen molar-refractivity contribution in [3.63, 3.8) is 0 Å². The van der Waals surface area contributed by atoms with Crippen molar-refractivity contribution < 1.29 is 14.6 Å². The molecule has 0 fully saturated rings. The van der Waals surface area contributed by atoms with Crippen molar-refractivity contribution in [3.8, 4) is 11.5 Å². The highest BCUT2D eigenvalue weighted by molar-refractivity contribution is 5.47. The first-order chi connectivity index (χ1) is 9.69. The van der Waals surface area contributed by atoms with Crippen LogP contribution in [0.1, 0.15) is 24.2 Å². The molecule has 1 atom stereocenters. The van der Waals surface area contributed by atoms with Gasteiger partial charge in [0, 0.05) is 24.7 Å². The van der Waals surface area contributed by atoms with Crippen LogP contribution in [0.15, 0.2) is 30.6 Å². The molecule has 2 rings (SSSR count). The zero-order valence-electron chi connectivity index (χ0n) is 12.0. The Morgan fingerprint density at radius 2 is 2.10 bits per heavy atom. The highest BCUT2D eigenvalue weighted by Crippen LogP contribution is 2.35. The molecule has 2 aromatic rings. The molecule has 1 aromatic carbocycles. The summed E-state index contributed by atoms with van der Waals surface area (Å²) in [6.07, 6.45) is 3.55. The van der Waals surface area contributed by atoms with Crippen LogP contribution in [0.4, 0.5) is 0 Å². The number of aromatic nitrogens is 2. The lowest BCUT2D eigenvalue weighted by Crippen LogP contribution is -2.05. The highest BCUT2D eigenvalue weighted by atomic mass is 16.5. The van der Waals surface area contributed by atoms with Gasteiger partial charge in [-0.1, -0.05) is 12.1 Å². The first-order valence-corrected chi connectivity index (χ1v) is 6.59. The van der Waals surface area contributed by atoms with Crippen LogP contribution in [0.3, 0.4) is 0 Å². The molecule has 0 aliphatic heterocycles. The maximum Gasteiger partial charge on any atom is 0.166 e. The second-order valence-corrected chi connectivity index (χ2v) is 4.51. The molecule has 0 spiro atoms. The van der Waals surface area contributed by atoms with E-state index in [0.717, 1.165) is 17.7 Å². The summed E-state index contributed by atoms with van der Waals surface area (Å²) in [5, 5.41) is 14.6. The van der Waals surface area contributed by atoms with Gasteiger partial charge >= 0.3 is 0 Å². The summed E-state index contributed by atoms with van der Waals surface area (Å²) < 4.78 is 12.4. The standard InChI is InChI=1S/C15H20N2O3/c1-4-17-10-11(9-16-17)8-13(18)12-6-5-7-14(19-2)15(12)20-3/h5-7,9-10,13,18H,4,8H2,1-3H3. The Bertz CT molecular complexity index is 566. The minimum absolute atomic E-state index is 0.490. The lowest BCUT2D eigenvalue weighted by molar-refractivity contribution is 0.173. The normalized spacial score (nSPS) is 12.2. The van der Waals surface area contributed by atoms with Gasteiger partial charge in [0.25, 0.3) is 0 Å². The molecule has 0 saturated carbocycles. The molecule has 1 N–H and O–H groups in total. The lowest BCUT2D eigenvalue weighted by atomic mass is 10.0. The first kappa shape index (κ1) is 14.4. The Kier molecular flexibility index (Phi) is 4.63. The average molecular weight is 276 g/mol. The third kappa shape index (κ3) is 2.93. The molecule has 0 aliphatic carbocycles. The Labute approximate surface area is 118 Å². The van der Waals surface area contributed by atoms with Crippen LogP contribution < -0.4 is 9.47 Å². The van der Waals surface area contributed by atoms with Crippen molar-refractivity contribution >= 4 is 0 Å². The van der Waals surface area contributed by atoms with Gasteiger partial charge < -0.3 is 14.6 Å². The van der Waals surface area contributed by atoms with Crippen molar-refractivity contribution in [2.75, 3.05) is 14.2 Å². The quantitative estimate of drug-likeness (QED) is 0.878. The number of ether oxygens (including phenoxy) is 2. The summed E-state index contributed by atoms with van der Waals surface area (Å²) in [6.45, 7) is 2.84. The predicted molar refractivity (Wildman–Crippen MR) is 76.1 cm³/mol. The summed E-state index contributed by atoms with van der Waals surface area (Å²) in [5.41, 5.74) is 1.71. The lowest BCUT2D eigenvalue weighted by Gasteiger charge is -2.16. The monoisotopic (exact) mass is 276 g/mol. The number of nitrogens with zero attached hydrogens (tertiary/aromatic N) is 2. The molecule has 0 radical (unpaired) electrons. The van der Waals surface area contributed by atoms with E-state index in [-0.39, 0.29) is 0 Å². The number of methoxy groups -OCH3 is 2. The molecular formula is C15H20N2O3. The molecule has 1 unspecified atom stereocenters. The van der Waals surface area contributed by atoms with Crippen LogP contribution in [-0.4, -0.2) is 29.1 Å². The predicted octanol–water partition coefficient (Wildman–Crippen LogP) is 2.20. The second-order valence-electron chi connectivity index (χ2n) is 4.51. The molecule has 1 heterocycles. The summed E-state index contributed by atoms with van der Waals surface area (Å²) >= 11 is 0. The van der Waals surface area contributed by atoms with Crippen LogP contribution in [0.2, 0.25) is 0 Å². The van der Waals surface area contributed by atoms with Gasteiger partial charge in [-0.2, -0.15) is 5.10 Å². The summed E-state index contributed by atoms with van der Waals surface area (Å²) in [4.78, 5) is 0. The third-order valence-electron chi connectivity index (χ3n) is 3.23. The van der Waals surface area contributed by atoms with Gasteiger partial charge in [0.15, 0.2) is 11.5 Å². The van der Waals surface area contributed by atoms with Crippen molar-refractivity contribution in [1.82, 2.24) is 9.78 Å². The number of aryl methyl sites for hydroxylation is 1. The molecule has 0 saturated heterocycles. The van der Waals surface area contributed by atoms with E-state index in [1.807, 2.05) is 36.0 Å². The minimum atomic E-state index is -0.658. The molecule has 5 nitrogen and oxygen atoms in total. The van der Waals surface area contributed by atoms with E-state index >= 15 is 0 Å². The molecule has 108 valence electrons. The maximum atomic E-state index is 10.4. The van der Waals surface area contributed by atoms with Crippen molar-refractivity contribution in [1.29, 1.82) is 0 Å². The number of hydrogen-bond donors (Lipinski definition) is 1. The number of benzene rings is 1. The van der Waals surface area contributed by atoms with Crippen LogP contribution in [0.25, 0.3) is 0 Å². The first-order valence-electron chi connectivity index (χ1n) is 6.59. The number of aliphatic hydroxyl groups excluding tert-OH is 1. The molecule has 0 aliphatic rings. The van der Waals surface area contributed by atoms with Gasteiger partial charge in [0.2, 0.25) is 0 Å². The van der Waals surface area contributed by atoms with E-state index < -0.39 is 6.10 Å². The zero-order valence-corrected chi connectivity index (χ0v) is 12.0. The van der Waals surface area contributed by atoms with E-state index in [0.29, 0.717) is 17.9 Å². The van der Waals surface area contributed by atoms with E-state index in [9.17, 15) is 5.11 Å². The largest absolute Gasteiger partial charge is 0.493 e. The van der Waals surface area contributed by atoms with Gasteiger partial charge in [-0.25, -0.2) is 0 Å². The van der Waals surface area contributed by atoms with Crippen LogP contribution >= 0.6 is 0 Å². The van der Waals surface area contributed by atoms with Crippen molar-refractivity contribution in [2.24, 2.45) is 0 Å². The van der Waals surface area contributed by atoms with Crippen LogP contribution in [0.5, 0.6) is 11.5 Å². The molecule has 0 amide bonds. The van der Waals surface area contributed by atoms with Crippen LogP contribution in [-0.2, 0) is 13.0 Å². The number of para-hydroxylation sites is 1. The molecule has 0 bridgehead atoms. The third-order valence-corrected chi connectivity index (χ3v) is 3.23. The molecule has 20 heavy (non-hydrogen) atoms. The van der Waals surface area contributed by atoms with Crippen molar-refractivity contribution in [3.05, 3.63) is 41.7 Å². The Balaban J connectivity index is 2.22. The maximum absolute atomic E-state index is 10.4. The van der Waals surface area contributed by atoms with E-state index in [1.54, 1.807) is 20.4 Å². The Morgan fingerprint density at radius 1 is 1.30 bits per heavy atom. The summed E-state index contributed by atoms with van der Waals surface area (Å²) in [7, 11) is 3.16. The van der Waals surface area contributed by atoms with E-state index in [1.165, 1.54) is 0 Å². The Hall–Kier alpha value is -2.01. The number of aliphatic hydroxyl groups is 1. The second kappa shape index (κ2) is 6.43. The Morgan fingerprint density at radius 3 is 2.70 bits per heavy atom. The van der Waals surface area contributed by atoms with Crippen molar-refractivity contribution in [2.45, 2.75) is 26.0 Å². The minimum Gasteiger partial charge on any atom is -0.493 e. The fourth-order valence-corrected chi connectivity index (χ4v) is 2.19. The number of rotatable bonds is 6. The average Bonchev–Trinajstić information content (AvgIpc) is 2.93. The van der Waals surface area contributed by atoms with E-state index in [2.05, 4.69) is 5.10 Å². The fraction of sp³-hybridized carbons (Fsp3) is 0.400. The smallest absolute Gasteiger partial charge is 0.166 e. The van der Waals surface area contributed by atoms with Gasteiger partial charge in [-0.05, 0) is 18.6 Å². The molecular weight excluding hydrogens is 256 g/mol. The van der Waals surface area contributed by atoms with Gasteiger partial charge in [-0.15, -0.1) is 0 Å². The van der Waals surface area contributed by atoms with E-state index in [4.69, 9.17) is 9.47 Å². The van der Waals surface area contributed by atoms with Crippen LogP contribution in [0, 0.1) is 0 Å². The SMILES string of the molecule is CCn1cc(CC(O)c2cccc(OC)c2OC)cn1. The number of hydrogen-bond acceptors (Lipinski definition) is 4. The van der Waals surface area contributed by atoms with Gasteiger partial charge in [0.1, 0.15) is 0 Å². The summed E-state index contributed by atoms with van der Waals surface area (Å²) in [5.74, 6) is 1.19. The zero-order chi connectivity index (χ0) is 14.5. The topological polar surface area (TPSA) is 56.5 Å². The summed E-state index contributed by atoms with van der Waals surface area (Å²) in [6, 6.07) is 5.50. The highest BCUT2D eigenvalue weighted by Gasteiger charge is 2.17. The molecule has 1 aromatic heterocycles. The van der Waals surface area contributed by atoms with Gasteiger partial charge in [0.05, 0.1) is 26.5 Å². The fourth-order valence-electron chi connectivity index (χ4n) is 2.19.